The molecule has 1 aliphatic rings. The summed E-state index contributed by atoms with van der Waals surface area (Å²) < 4.78 is 13.0. The molecule has 2 amide bonds. The van der Waals surface area contributed by atoms with Gasteiger partial charge in [0.15, 0.2) is 0 Å². The van der Waals surface area contributed by atoms with Crippen molar-refractivity contribution in [1.29, 1.82) is 0 Å². The summed E-state index contributed by atoms with van der Waals surface area (Å²) in [5.41, 5.74) is 3.41. The smallest absolute Gasteiger partial charge is 0.274 e. The van der Waals surface area contributed by atoms with Gasteiger partial charge in [-0.3, -0.25) is 14.6 Å². The van der Waals surface area contributed by atoms with Crippen LogP contribution in [0.5, 0.6) is 0 Å². The number of halogens is 1. The van der Waals surface area contributed by atoms with Gasteiger partial charge in [0.25, 0.3) is 11.8 Å². The molecule has 28 heavy (non-hydrogen) atoms. The molecule has 1 N–H and O–H groups in total. The van der Waals surface area contributed by atoms with Crippen LogP contribution in [0.2, 0.25) is 0 Å². The van der Waals surface area contributed by atoms with Crippen molar-refractivity contribution < 1.29 is 14.0 Å². The molecule has 2 heterocycles. The summed E-state index contributed by atoms with van der Waals surface area (Å²) in [5, 5.41) is 2.65. The number of hydrogen-bond acceptors (Lipinski definition) is 3. The molecule has 4 rings (SSSR count). The van der Waals surface area contributed by atoms with E-state index in [-0.39, 0.29) is 17.4 Å². The van der Waals surface area contributed by atoms with E-state index in [0.29, 0.717) is 24.3 Å². The van der Waals surface area contributed by atoms with Crippen molar-refractivity contribution >= 4 is 17.5 Å². The molecular weight excluding hydrogens is 357 g/mol. The first-order chi connectivity index (χ1) is 13.6. The summed E-state index contributed by atoms with van der Waals surface area (Å²) in [5.74, 6) is -0.968. The number of benzene rings is 2. The highest BCUT2D eigenvalue weighted by atomic mass is 19.1. The third-order valence-electron chi connectivity index (χ3n) is 4.76. The summed E-state index contributed by atoms with van der Waals surface area (Å²) in [6.45, 7) is 1.18. The quantitative estimate of drug-likeness (QED) is 0.760. The molecule has 0 atom stereocenters. The number of pyridine rings is 1. The number of rotatable bonds is 3. The molecule has 0 spiro atoms. The van der Waals surface area contributed by atoms with Gasteiger partial charge >= 0.3 is 0 Å². The van der Waals surface area contributed by atoms with Gasteiger partial charge in [-0.2, -0.15) is 0 Å². The van der Waals surface area contributed by atoms with Crippen LogP contribution >= 0.6 is 0 Å². The van der Waals surface area contributed by atoms with Crippen molar-refractivity contribution in [3.8, 4) is 0 Å². The van der Waals surface area contributed by atoms with Gasteiger partial charge in [0.05, 0.1) is 0 Å². The molecule has 0 saturated carbocycles. The first-order valence-electron chi connectivity index (χ1n) is 8.99. The zero-order valence-electron chi connectivity index (χ0n) is 15.1. The highest BCUT2D eigenvalue weighted by Gasteiger charge is 2.22. The molecule has 6 heteroatoms. The van der Waals surface area contributed by atoms with Gasteiger partial charge in [0.1, 0.15) is 11.5 Å². The Morgan fingerprint density at radius 1 is 1.00 bits per heavy atom. The molecule has 0 radical (unpaired) electrons. The van der Waals surface area contributed by atoms with Gasteiger partial charge in [0.2, 0.25) is 0 Å². The monoisotopic (exact) mass is 375 g/mol. The molecule has 3 aromatic rings. The Hall–Kier alpha value is -3.54. The van der Waals surface area contributed by atoms with Crippen molar-refractivity contribution in [3.05, 3.63) is 95.1 Å². The van der Waals surface area contributed by atoms with Crippen LogP contribution < -0.4 is 5.32 Å². The van der Waals surface area contributed by atoms with Crippen LogP contribution in [0.4, 0.5) is 10.1 Å². The fourth-order valence-corrected chi connectivity index (χ4v) is 3.27. The Morgan fingerprint density at radius 3 is 2.54 bits per heavy atom. The van der Waals surface area contributed by atoms with E-state index in [4.69, 9.17) is 0 Å². The lowest BCUT2D eigenvalue weighted by atomic mass is 9.99. The van der Waals surface area contributed by atoms with Crippen LogP contribution in [0.25, 0.3) is 0 Å². The predicted octanol–water partition coefficient (Wildman–Crippen LogP) is 3.67. The molecule has 0 bridgehead atoms. The van der Waals surface area contributed by atoms with E-state index in [1.165, 1.54) is 42.1 Å². The zero-order chi connectivity index (χ0) is 19.5. The van der Waals surface area contributed by atoms with Gasteiger partial charge in [-0.1, -0.05) is 24.3 Å². The highest BCUT2D eigenvalue weighted by molar-refractivity contribution is 6.04. The van der Waals surface area contributed by atoms with E-state index < -0.39 is 5.91 Å². The number of anilines is 1. The number of amides is 2. The average Bonchev–Trinajstić information content (AvgIpc) is 2.74. The zero-order valence-corrected chi connectivity index (χ0v) is 15.1. The molecule has 5 nitrogen and oxygen atoms in total. The average molecular weight is 375 g/mol. The second-order valence-corrected chi connectivity index (χ2v) is 6.64. The van der Waals surface area contributed by atoms with Gasteiger partial charge in [0, 0.05) is 30.5 Å². The van der Waals surface area contributed by atoms with E-state index in [1.807, 2.05) is 18.2 Å². The number of nitrogens with one attached hydrogen (secondary N) is 1. The van der Waals surface area contributed by atoms with Gasteiger partial charge < -0.3 is 10.2 Å². The van der Waals surface area contributed by atoms with Crippen LogP contribution in [-0.2, 0) is 13.0 Å². The van der Waals surface area contributed by atoms with E-state index in [2.05, 4.69) is 16.4 Å². The second kappa shape index (κ2) is 7.60. The molecule has 0 unspecified atom stereocenters. The van der Waals surface area contributed by atoms with Crippen molar-refractivity contribution in [3.63, 3.8) is 0 Å². The van der Waals surface area contributed by atoms with E-state index in [9.17, 15) is 14.0 Å². The fraction of sp³-hybridized carbons (Fsp3) is 0.136. The summed E-state index contributed by atoms with van der Waals surface area (Å²) in [7, 11) is 0. The third kappa shape index (κ3) is 3.76. The minimum atomic E-state index is -0.453. The predicted molar refractivity (Wildman–Crippen MR) is 103 cm³/mol. The van der Waals surface area contributed by atoms with Gasteiger partial charge in [-0.25, -0.2) is 4.39 Å². The maximum atomic E-state index is 13.0. The van der Waals surface area contributed by atoms with E-state index >= 15 is 0 Å². The van der Waals surface area contributed by atoms with Crippen molar-refractivity contribution in [2.45, 2.75) is 13.0 Å². The first kappa shape index (κ1) is 17.9. The second-order valence-electron chi connectivity index (χ2n) is 6.64. The number of fused-ring (bicyclic) bond motifs is 1. The van der Waals surface area contributed by atoms with E-state index in [0.717, 1.165) is 12.0 Å². The Bertz CT molecular complexity index is 1030. The SMILES string of the molecule is O=C(Nc1ccc(F)cc1)c1cc(C(=O)N2CCc3ccccc3C2)ccn1. The summed E-state index contributed by atoms with van der Waals surface area (Å²) in [6.07, 6.45) is 2.26. The number of nitrogens with zero attached hydrogens (tertiary/aromatic N) is 2. The standard InChI is InChI=1S/C22H18FN3O2/c23-18-5-7-19(8-6-18)25-21(27)20-13-16(9-11-24-20)22(28)26-12-10-15-3-1-2-4-17(15)14-26/h1-9,11,13H,10,12,14H2,(H,25,27). The number of carbonyl (C=O) groups excluding carboxylic acids is 2. The summed E-state index contributed by atoms with van der Waals surface area (Å²) in [6, 6.07) is 16.6. The molecule has 0 fully saturated rings. The Labute approximate surface area is 161 Å². The minimum Gasteiger partial charge on any atom is -0.334 e. The topological polar surface area (TPSA) is 62.3 Å². The summed E-state index contributed by atoms with van der Waals surface area (Å²) in [4.78, 5) is 31.2. The lowest BCUT2D eigenvalue weighted by Crippen LogP contribution is -2.36. The van der Waals surface area contributed by atoms with E-state index in [1.54, 1.807) is 11.0 Å². The number of hydrogen-bond donors (Lipinski definition) is 1. The van der Waals surface area contributed by atoms with Crippen molar-refractivity contribution in [1.82, 2.24) is 9.88 Å². The molecule has 1 aromatic heterocycles. The lowest BCUT2D eigenvalue weighted by molar-refractivity contribution is 0.0734. The Balaban J connectivity index is 1.49. The maximum absolute atomic E-state index is 13.0. The van der Waals surface area contributed by atoms with Crippen molar-refractivity contribution in [2.24, 2.45) is 0 Å². The lowest BCUT2D eigenvalue weighted by Gasteiger charge is -2.29. The molecule has 0 saturated heterocycles. The molecule has 140 valence electrons. The fourth-order valence-electron chi connectivity index (χ4n) is 3.27. The molecule has 1 aliphatic heterocycles. The van der Waals surface area contributed by atoms with Gasteiger partial charge in [-0.15, -0.1) is 0 Å². The number of aromatic nitrogens is 1. The van der Waals surface area contributed by atoms with Crippen LogP contribution in [0.1, 0.15) is 32.0 Å². The Kier molecular flexibility index (Phi) is 4.85. The van der Waals surface area contributed by atoms with Crippen LogP contribution in [0.3, 0.4) is 0 Å². The van der Waals surface area contributed by atoms with Gasteiger partial charge in [-0.05, 0) is 53.9 Å². The first-order valence-corrected chi connectivity index (χ1v) is 8.99. The molecule has 2 aromatic carbocycles. The summed E-state index contributed by atoms with van der Waals surface area (Å²) >= 11 is 0. The Morgan fingerprint density at radius 2 is 1.75 bits per heavy atom. The molecule has 0 aliphatic carbocycles. The normalized spacial score (nSPS) is 13.0. The van der Waals surface area contributed by atoms with Crippen LogP contribution in [0.15, 0.2) is 66.9 Å². The van der Waals surface area contributed by atoms with Crippen LogP contribution in [-0.4, -0.2) is 28.2 Å². The largest absolute Gasteiger partial charge is 0.334 e. The third-order valence-corrected chi connectivity index (χ3v) is 4.76. The minimum absolute atomic E-state index is 0.132. The van der Waals surface area contributed by atoms with Crippen LogP contribution in [0, 0.1) is 5.82 Å². The maximum Gasteiger partial charge on any atom is 0.274 e. The highest BCUT2D eigenvalue weighted by Crippen LogP contribution is 2.20. The van der Waals surface area contributed by atoms with Crippen molar-refractivity contribution in [2.75, 3.05) is 11.9 Å². The number of carbonyl (C=O) groups is 2. The molecular formula is C22H18FN3O2.